The van der Waals surface area contributed by atoms with Gasteiger partial charge in [-0.05, 0) is 37.8 Å². The summed E-state index contributed by atoms with van der Waals surface area (Å²) in [6.45, 7) is 10.2. The SMILES string of the molecule is Cc1cc(C)c(CN)c(N(C)CCC(C)C)n1. The average molecular weight is 235 g/mol. The quantitative estimate of drug-likeness (QED) is 0.853. The third-order valence-electron chi connectivity index (χ3n) is 3.06. The van der Waals surface area contributed by atoms with Crippen molar-refractivity contribution in [3.05, 3.63) is 22.9 Å². The topological polar surface area (TPSA) is 42.1 Å². The molecule has 17 heavy (non-hydrogen) atoms. The van der Waals surface area contributed by atoms with Crippen molar-refractivity contribution >= 4 is 5.82 Å². The van der Waals surface area contributed by atoms with Crippen molar-refractivity contribution in [2.24, 2.45) is 11.7 Å². The van der Waals surface area contributed by atoms with Gasteiger partial charge in [-0.2, -0.15) is 0 Å². The van der Waals surface area contributed by atoms with Crippen molar-refractivity contribution in [3.63, 3.8) is 0 Å². The molecule has 1 rings (SSSR count). The molecule has 1 aromatic heterocycles. The van der Waals surface area contributed by atoms with E-state index in [1.54, 1.807) is 0 Å². The second-order valence-corrected chi connectivity index (χ2v) is 5.19. The van der Waals surface area contributed by atoms with Crippen molar-refractivity contribution in [2.45, 2.75) is 40.7 Å². The van der Waals surface area contributed by atoms with Gasteiger partial charge in [-0.15, -0.1) is 0 Å². The fourth-order valence-corrected chi connectivity index (χ4v) is 1.97. The highest BCUT2D eigenvalue weighted by Gasteiger charge is 2.11. The Morgan fingerprint density at radius 1 is 1.35 bits per heavy atom. The number of nitrogens with zero attached hydrogens (tertiary/aromatic N) is 2. The minimum atomic E-state index is 0.556. The smallest absolute Gasteiger partial charge is 0.133 e. The molecule has 2 N–H and O–H groups in total. The number of aromatic nitrogens is 1. The second-order valence-electron chi connectivity index (χ2n) is 5.19. The Hall–Kier alpha value is -1.09. The predicted molar refractivity (Wildman–Crippen MR) is 74.3 cm³/mol. The summed E-state index contributed by atoms with van der Waals surface area (Å²) in [7, 11) is 2.10. The molecular formula is C14H25N3. The zero-order chi connectivity index (χ0) is 13.0. The lowest BCUT2D eigenvalue weighted by molar-refractivity contribution is 0.582. The summed E-state index contributed by atoms with van der Waals surface area (Å²) in [5, 5.41) is 0. The first kappa shape index (κ1) is 14.0. The summed E-state index contributed by atoms with van der Waals surface area (Å²) in [6, 6.07) is 2.10. The number of nitrogens with two attached hydrogens (primary N) is 1. The number of hydrogen-bond acceptors (Lipinski definition) is 3. The Balaban J connectivity index is 2.95. The third kappa shape index (κ3) is 3.70. The van der Waals surface area contributed by atoms with E-state index in [1.165, 1.54) is 17.5 Å². The molecule has 0 spiro atoms. The minimum Gasteiger partial charge on any atom is -0.359 e. The lowest BCUT2D eigenvalue weighted by Gasteiger charge is -2.23. The summed E-state index contributed by atoms with van der Waals surface area (Å²) >= 11 is 0. The molecule has 0 bridgehead atoms. The van der Waals surface area contributed by atoms with Crippen molar-refractivity contribution in [1.82, 2.24) is 4.98 Å². The minimum absolute atomic E-state index is 0.556. The molecule has 0 aliphatic rings. The number of anilines is 1. The fourth-order valence-electron chi connectivity index (χ4n) is 1.97. The highest BCUT2D eigenvalue weighted by Crippen LogP contribution is 2.21. The Kier molecular flexibility index (Phi) is 4.94. The van der Waals surface area contributed by atoms with Crippen LogP contribution in [0.4, 0.5) is 5.82 Å². The van der Waals surface area contributed by atoms with Crippen LogP contribution in [0.1, 0.15) is 37.1 Å². The molecule has 1 heterocycles. The van der Waals surface area contributed by atoms with Crippen LogP contribution in [-0.2, 0) is 6.54 Å². The second kappa shape index (κ2) is 6.01. The van der Waals surface area contributed by atoms with E-state index in [4.69, 9.17) is 5.73 Å². The van der Waals surface area contributed by atoms with Gasteiger partial charge in [0.25, 0.3) is 0 Å². The van der Waals surface area contributed by atoms with Crippen molar-refractivity contribution < 1.29 is 0 Å². The first-order valence-electron chi connectivity index (χ1n) is 6.34. The molecule has 0 saturated carbocycles. The van der Waals surface area contributed by atoms with E-state index in [0.717, 1.165) is 18.1 Å². The third-order valence-corrected chi connectivity index (χ3v) is 3.06. The number of rotatable bonds is 5. The van der Waals surface area contributed by atoms with Crippen LogP contribution in [-0.4, -0.2) is 18.6 Å². The van der Waals surface area contributed by atoms with Gasteiger partial charge in [0.1, 0.15) is 5.82 Å². The van der Waals surface area contributed by atoms with E-state index < -0.39 is 0 Å². The van der Waals surface area contributed by atoms with Gasteiger partial charge in [-0.3, -0.25) is 0 Å². The van der Waals surface area contributed by atoms with Crippen LogP contribution in [0.15, 0.2) is 6.07 Å². The maximum atomic E-state index is 5.83. The van der Waals surface area contributed by atoms with Gasteiger partial charge in [-0.25, -0.2) is 4.98 Å². The molecule has 0 aromatic carbocycles. The Morgan fingerprint density at radius 3 is 2.53 bits per heavy atom. The van der Waals surface area contributed by atoms with Gasteiger partial charge in [0.2, 0.25) is 0 Å². The summed E-state index contributed by atoms with van der Waals surface area (Å²) in [5.74, 6) is 1.76. The molecule has 0 radical (unpaired) electrons. The van der Waals surface area contributed by atoms with Crippen LogP contribution >= 0.6 is 0 Å². The lowest BCUT2D eigenvalue weighted by Crippen LogP contribution is -2.24. The van der Waals surface area contributed by atoms with Crippen LogP contribution in [0.2, 0.25) is 0 Å². The van der Waals surface area contributed by atoms with E-state index >= 15 is 0 Å². The molecule has 0 amide bonds. The van der Waals surface area contributed by atoms with Crippen molar-refractivity contribution in [3.8, 4) is 0 Å². The molecule has 0 fully saturated rings. The van der Waals surface area contributed by atoms with Gasteiger partial charge < -0.3 is 10.6 Å². The summed E-state index contributed by atoms with van der Waals surface area (Å²) in [4.78, 5) is 6.85. The van der Waals surface area contributed by atoms with E-state index in [2.05, 4.69) is 43.8 Å². The molecule has 0 aliphatic heterocycles. The van der Waals surface area contributed by atoms with Crippen LogP contribution < -0.4 is 10.6 Å². The fraction of sp³-hybridized carbons (Fsp3) is 0.643. The Bertz CT molecular complexity index is 372. The maximum absolute atomic E-state index is 5.83. The predicted octanol–water partition coefficient (Wildman–Crippen LogP) is 2.64. The van der Waals surface area contributed by atoms with Crippen LogP contribution in [0.5, 0.6) is 0 Å². The molecule has 0 unspecified atom stereocenters. The molecule has 0 aliphatic carbocycles. The highest BCUT2D eigenvalue weighted by molar-refractivity contribution is 5.51. The molecule has 1 aromatic rings. The Morgan fingerprint density at radius 2 is 2.00 bits per heavy atom. The first-order valence-corrected chi connectivity index (χ1v) is 6.34. The van der Waals surface area contributed by atoms with Gasteiger partial charge >= 0.3 is 0 Å². The molecule has 96 valence electrons. The van der Waals surface area contributed by atoms with E-state index in [9.17, 15) is 0 Å². The largest absolute Gasteiger partial charge is 0.359 e. The zero-order valence-electron chi connectivity index (χ0n) is 11.7. The maximum Gasteiger partial charge on any atom is 0.133 e. The van der Waals surface area contributed by atoms with Gasteiger partial charge in [0.05, 0.1) is 0 Å². The zero-order valence-corrected chi connectivity index (χ0v) is 11.7. The van der Waals surface area contributed by atoms with E-state index in [-0.39, 0.29) is 0 Å². The summed E-state index contributed by atoms with van der Waals surface area (Å²) < 4.78 is 0. The standard InChI is InChI=1S/C14H25N3/c1-10(2)6-7-17(5)14-13(9-15)11(3)8-12(4)16-14/h8,10H,6-7,9,15H2,1-5H3. The van der Waals surface area contributed by atoms with Crippen LogP contribution in [0.25, 0.3) is 0 Å². The van der Waals surface area contributed by atoms with E-state index in [0.29, 0.717) is 12.5 Å². The number of pyridine rings is 1. The van der Waals surface area contributed by atoms with Gasteiger partial charge in [0.15, 0.2) is 0 Å². The molecule has 3 nitrogen and oxygen atoms in total. The lowest BCUT2D eigenvalue weighted by atomic mass is 10.1. The molecule has 0 atom stereocenters. The highest BCUT2D eigenvalue weighted by atomic mass is 15.2. The normalized spacial score (nSPS) is 11.0. The monoisotopic (exact) mass is 235 g/mol. The number of aryl methyl sites for hydroxylation is 2. The average Bonchev–Trinajstić information content (AvgIpc) is 2.24. The number of hydrogen-bond donors (Lipinski definition) is 1. The molecular weight excluding hydrogens is 210 g/mol. The first-order chi connectivity index (χ1) is 7.95. The summed E-state index contributed by atoms with van der Waals surface area (Å²) in [6.07, 6.45) is 1.18. The summed E-state index contributed by atoms with van der Waals surface area (Å²) in [5.41, 5.74) is 9.30. The van der Waals surface area contributed by atoms with Gasteiger partial charge in [0, 0.05) is 31.4 Å². The Labute approximate surface area is 105 Å². The van der Waals surface area contributed by atoms with Gasteiger partial charge in [-0.1, -0.05) is 13.8 Å². The van der Waals surface area contributed by atoms with Crippen molar-refractivity contribution in [1.29, 1.82) is 0 Å². The molecule has 0 saturated heterocycles. The van der Waals surface area contributed by atoms with Crippen LogP contribution in [0, 0.1) is 19.8 Å². The van der Waals surface area contributed by atoms with E-state index in [1.807, 2.05) is 6.92 Å². The molecule has 3 heteroatoms. The van der Waals surface area contributed by atoms with Crippen molar-refractivity contribution in [2.75, 3.05) is 18.5 Å². The van der Waals surface area contributed by atoms with Crippen LogP contribution in [0.3, 0.4) is 0 Å².